The molecule has 0 bridgehead atoms. The minimum atomic E-state index is -0.593. The molecule has 0 aliphatic carbocycles. The van der Waals surface area contributed by atoms with Crippen molar-refractivity contribution in [3.8, 4) is 0 Å². The Labute approximate surface area is 95.8 Å². The van der Waals surface area contributed by atoms with Gasteiger partial charge in [0, 0.05) is 0 Å². The van der Waals surface area contributed by atoms with Crippen molar-refractivity contribution >= 4 is 17.1 Å². The van der Waals surface area contributed by atoms with E-state index in [1.165, 1.54) is 0 Å². The number of fused-ring (bicyclic) bond motifs is 1. The van der Waals surface area contributed by atoms with Gasteiger partial charge in [0.25, 0.3) is 0 Å². The van der Waals surface area contributed by atoms with Crippen molar-refractivity contribution in [2.24, 2.45) is 0 Å². The third-order valence-corrected chi connectivity index (χ3v) is 2.48. The molecule has 2 atom stereocenters. The van der Waals surface area contributed by atoms with Gasteiger partial charge in [-0.25, -0.2) is 9.97 Å². The van der Waals surface area contributed by atoms with Gasteiger partial charge in [0.05, 0.1) is 19.4 Å². The Kier molecular flexibility index (Phi) is 2.39. The molecule has 0 aromatic carbocycles. The SMILES string of the molecule is Nc1ncc2[nH]c(C3COC(CO)O3)nc2n1. The summed E-state index contributed by atoms with van der Waals surface area (Å²) in [6.45, 7) is 0.164. The van der Waals surface area contributed by atoms with E-state index in [1.807, 2.05) is 0 Å². The van der Waals surface area contributed by atoms with Crippen LogP contribution in [-0.2, 0) is 9.47 Å². The average molecular weight is 237 g/mol. The fourth-order valence-electron chi connectivity index (χ4n) is 1.69. The summed E-state index contributed by atoms with van der Waals surface area (Å²) in [5, 5.41) is 8.89. The number of aliphatic hydroxyl groups is 1. The van der Waals surface area contributed by atoms with Crippen LogP contribution in [0.2, 0.25) is 0 Å². The summed E-state index contributed by atoms with van der Waals surface area (Å²) < 4.78 is 10.6. The minimum Gasteiger partial charge on any atom is -0.391 e. The number of anilines is 1. The van der Waals surface area contributed by atoms with Gasteiger partial charge in [0.2, 0.25) is 5.95 Å². The van der Waals surface area contributed by atoms with Crippen molar-refractivity contribution < 1.29 is 14.6 Å². The maximum absolute atomic E-state index is 8.89. The fourth-order valence-corrected chi connectivity index (χ4v) is 1.69. The van der Waals surface area contributed by atoms with Crippen molar-refractivity contribution in [2.75, 3.05) is 18.9 Å². The van der Waals surface area contributed by atoms with E-state index in [-0.39, 0.29) is 18.7 Å². The molecule has 0 amide bonds. The summed E-state index contributed by atoms with van der Waals surface area (Å²) in [6.07, 6.45) is 0.639. The largest absolute Gasteiger partial charge is 0.391 e. The number of aromatic nitrogens is 4. The van der Waals surface area contributed by atoms with Crippen LogP contribution in [0.1, 0.15) is 11.9 Å². The molecule has 3 heterocycles. The van der Waals surface area contributed by atoms with Crippen molar-refractivity contribution in [1.82, 2.24) is 19.9 Å². The van der Waals surface area contributed by atoms with Crippen LogP contribution in [0.4, 0.5) is 5.95 Å². The molecule has 8 heteroatoms. The highest BCUT2D eigenvalue weighted by Gasteiger charge is 2.29. The van der Waals surface area contributed by atoms with Crippen molar-refractivity contribution in [3.05, 3.63) is 12.0 Å². The van der Waals surface area contributed by atoms with Crippen LogP contribution < -0.4 is 5.73 Å². The monoisotopic (exact) mass is 237 g/mol. The standard InChI is InChI=1S/C9H11N5O3/c10-9-11-1-4-7(14-9)13-8(12-4)5-3-16-6(2-15)17-5/h1,5-6,15H,2-3H2,(H3,10,11,12,13,14). The van der Waals surface area contributed by atoms with Gasteiger partial charge in [-0.15, -0.1) is 0 Å². The summed E-state index contributed by atoms with van der Waals surface area (Å²) >= 11 is 0. The molecular weight excluding hydrogens is 226 g/mol. The Bertz CT molecular complexity index is 542. The number of hydrogen-bond donors (Lipinski definition) is 3. The smallest absolute Gasteiger partial charge is 0.222 e. The first-order valence-corrected chi connectivity index (χ1v) is 5.12. The van der Waals surface area contributed by atoms with E-state index in [1.54, 1.807) is 6.20 Å². The van der Waals surface area contributed by atoms with Gasteiger partial charge in [-0.2, -0.15) is 4.98 Å². The zero-order chi connectivity index (χ0) is 11.8. The summed E-state index contributed by atoms with van der Waals surface area (Å²) in [6, 6.07) is 0. The molecule has 2 unspecified atom stereocenters. The lowest BCUT2D eigenvalue weighted by Crippen LogP contribution is -2.13. The molecule has 1 aliphatic rings. The molecule has 8 nitrogen and oxygen atoms in total. The zero-order valence-electron chi connectivity index (χ0n) is 8.83. The maximum atomic E-state index is 8.89. The molecule has 90 valence electrons. The second-order valence-corrected chi connectivity index (χ2v) is 3.66. The lowest BCUT2D eigenvalue weighted by atomic mass is 10.4. The van der Waals surface area contributed by atoms with Crippen LogP contribution in [0.5, 0.6) is 0 Å². The maximum Gasteiger partial charge on any atom is 0.222 e. The van der Waals surface area contributed by atoms with E-state index in [0.717, 1.165) is 0 Å². The molecular formula is C9H11N5O3. The van der Waals surface area contributed by atoms with Crippen LogP contribution >= 0.6 is 0 Å². The fraction of sp³-hybridized carbons (Fsp3) is 0.444. The second-order valence-electron chi connectivity index (χ2n) is 3.66. The van der Waals surface area contributed by atoms with E-state index < -0.39 is 6.29 Å². The normalized spacial score (nSPS) is 24.5. The van der Waals surface area contributed by atoms with Gasteiger partial charge in [-0.05, 0) is 0 Å². The highest BCUT2D eigenvalue weighted by molar-refractivity contribution is 5.70. The number of ether oxygens (including phenoxy) is 2. The molecule has 2 aromatic rings. The van der Waals surface area contributed by atoms with Gasteiger partial charge in [0.1, 0.15) is 17.4 Å². The first-order chi connectivity index (χ1) is 8.26. The third kappa shape index (κ3) is 1.82. The van der Waals surface area contributed by atoms with Gasteiger partial charge < -0.3 is 25.3 Å². The third-order valence-electron chi connectivity index (χ3n) is 2.48. The van der Waals surface area contributed by atoms with Crippen molar-refractivity contribution in [1.29, 1.82) is 0 Å². The molecule has 1 saturated heterocycles. The summed E-state index contributed by atoms with van der Waals surface area (Å²) in [5.41, 5.74) is 6.64. The minimum absolute atomic E-state index is 0.173. The van der Waals surface area contributed by atoms with Gasteiger partial charge in [-0.1, -0.05) is 0 Å². The predicted molar refractivity (Wildman–Crippen MR) is 56.7 cm³/mol. The number of imidazole rings is 1. The lowest BCUT2D eigenvalue weighted by Gasteiger charge is -2.05. The number of nitrogens with zero attached hydrogens (tertiary/aromatic N) is 3. The Balaban J connectivity index is 1.91. The summed E-state index contributed by atoms with van der Waals surface area (Å²) in [4.78, 5) is 15.1. The Hall–Kier alpha value is -1.77. The quantitative estimate of drug-likeness (QED) is 0.634. The number of nitrogens with one attached hydrogen (secondary N) is 1. The first-order valence-electron chi connectivity index (χ1n) is 5.12. The molecule has 0 saturated carbocycles. The molecule has 17 heavy (non-hydrogen) atoms. The Morgan fingerprint density at radius 2 is 2.41 bits per heavy atom. The van der Waals surface area contributed by atoms with Gasteiger partial charge in [0.15, 0.2) is 11.9 Å². The van der Waals surface area contributed by atoms with Crippen molar-refractivity contribution in [3.63, 3.8) is 0 Å². The molecule has 3 rings (SSSR count). The number of aromatic amines is 1. The van der Waals surface area contributed by atoms with Crippen LogP contribution in [-0.4, -0.2) is 44.5 Å². The van der Waals surface area contributed by atoms with Crippen LogP contribution in [0.3, 0.4) is 0 Å². The van der Waals surface area contributed by atoms with E-state index >= 15 is 0 Å². The lowest BCUT2D eigenvalue weighted by molar-refractivity contribution is -0.0890. The summed E-state index contributed by atoms with van der Waals surface area (Å²) in [5.74, 6) is 0.767. The summed E-state index contributed by atoms with van der Waals surface area (Å²) in [7, 11) is 0. The number of nitrogens with two attached hydrogens (primary N) is 1. The molecule has 4 N–H and O–H groups in total. The van der Waals surface area contributed by atoms with E-state index in [9.17, 15) is 0 Å². The number of aliphatic hydroxyl groups excluding tert-OH is 1. The average Bonchev–Trinajstić information content (AvgIpc) is 2.93. The zero-order valence-corrected chi connectivity index (χ0v) is 8.83. The molecule has 1 fully saturated rings. The van der Waals surface area contributed by atoms with E-state index in [2.05, 4.69) is 19.9 Å². The van der Waals surface area contributed by atoms with Crippen molar-refractivity contribution in [2.45, 2.75) is 12.4 Å². The highest BCUT2D eigenvalue weighted by Crippen LogP contribution is 2.25. The van der Waals surface area contributed by atoms with Crippen LogP contribution in [0.15, 0.2) is 6.20 Å². The second kappa shape index (κ2) is 3.91. The highest BCUT2D eigenvalue weighted by atomic mass is 16.7. The van der Waals surface area contributed by atoms with Gasteiger partial charge in [-0.3, -0.25) is 0 Å². The van der Waals surface area contributed by atoms with Crippen LogP contribution in [0.25, 0.3) is 11.2 Å². The molecule has 0 radical (unpaired) electrons. The predicted octanol–water partition coefficient (Wildman–Crippen LogP) is -0.659. The number of hydrogen-bond acceptors (Lipinski definition) is 7. The van der Waals surface area contributed by atoms with Crippen LogP contribution in [0, 0.1) is 0 Å². The number of rotatable bonds is 2. The van der Waals surface area contributed by atoms with E-state index in [4.69, 9.17) is 20.3 Å². The molecule has 2 aromatic heterocycles. The van der Waals surface area contributed by atoms with E-state index in [0.29, 0.717) is 23.6 Å². The molecule has 0 spiro atoms. The Morgan fingerprint density at radius 1 is 1.53 bits per heavy atom. The Morgan fingerprint density at radius 3 is 3.18 bits per heavy atom. The molecule has 1 aliphatic heterocycles. The first kappa shape index (κ1) is 10.4. The topological polar surface area (TPSA) is 119 Å². The number of H-pyrrole nitrogens is 1. The van der Waals surface area contributed by atoms with Gasteiger partial charge >= 0.3 is 0 Å². The number of nitrogen functional groups attached to an aromatic ring is 1.